The molecule has 0 fully saturated rings. The van der Waals surface area contributed by atoms with E-state index in [4.69, 9.17) is 15.6 Å². The highest BCUT2D eigenvalue weighted by Crippen LogP contribution is 2.20. The van der Waals surface area contributed by atoms with Crippen molar-refractivity contribution in [1.82, 2.24) is 0 Å². The molecule has 25 heavy (non-hydrogen) atoms. The smallest absolute Gasteiger partial charge is 0.252 e. The summed E-state index contributed by atoms with van der Waals surface area (Å²) < 4.78 is 5.46. The van der Waals surface area contributed by atoms with Crippen molar-refractivity contribution in [3.8, 4) is 0 Å². The normalized spacial score (nSPS) is 16.4. The van der Waals surface area contributed by atoms with Crippen LogP contribution in [0.1, 0.15) is 71.1 Å². The molecule has 0 aliphatic carbocycles. The third kappa shape index (κ3) is 10.1. The molecule has 7 nitrogen and oxygen atoms in total. The van der Waals surface area contributed by atoms with Crippen molar-refractivity contribution in [2.75, 3.05) is 19.8 Å². The Labute approximate surface area is 151 Å². The predicted molar refractivity (Wildman–Crippen MR) is 95.9 cm³/mol. The van der Waals surface area contributed by atoms with Crippen LogP contribution >= 0.6 is 0 Å². The van der Waals surface area contributed by atoms with Gasteiger partial charge in [-0.05, 0) is 19.3 Å². The number of primary amides is 1. The quantitative estimate of drug-likeness (QED) is 0.243. The van der Waals surface area contributed by atoms with E-state index < -0.39 is 30.3 Å². The van der Waals surface area contributed by atoms with Gasteiger partial charge in [-0.3, -0.25) is 4.79 Å². The molecule has 0 saturated carbocycles. The largest absolute Gasteiger partial charge is 0.394 e. The van der Waals surface area contributed by atoms with Crippen molar-refractivity contribution in [3.05, 3.63) is 0 Å². The summed E-state index contributed by atoms with van der Waals surface area (Å²) in [5.74, 6) is -1.13. The van der Waals surface area contributed by atoms with Crippen LogP contribution < -0.4 is 5.73 Å². The average molecular weight is 363 g/mol. The number of aliphatic hydroxyl groups is 4. The molecule has 150 valence electrons. The molecule has 1 amide bonds. The summed E-state index contributed by atoms with van der Waals surface area (Å²) in [6.45, 7) is 2.38. The maximum absolute atomic E-state index is 11.4. The number of carbonyl (C=O) groups excluding carboxylic acids is 1. The van der Waals surface area contributed by atoms with Gasteiger partial charge in [0.25, 0.3) is 5.91 Å². The molecular weight excluding hydrogens is 326 g/mol. The van der Waals surface area contributed by atoms with Gasteiger partial charge in [0.05, 0.1) is 6.61 Å². The molecule has 0 aliphatic rings. The SMILES string of the molecule is CCCCCCCCCCOCCC[C@](O)(C(N)=O)[C@H](O)[C@H](O)CO. The maximum atomic E-state index is 11.4. The van der Waals surface area contributed by atoms with Gasteiger partial charge in [0.1, 0.15) is 12.2 Å². The fourth-order valence-corrected chi connectivity index (χ4v) is 2.72. The van der Waals surface area contributed by atoms with Crippen LogP contribution in [0.2, 0.25) is 0 Å². The van der Waals surface area contributed by atoms with E-state index in [1.54, 1.807) is 0 Å². The number of unbranched alkanes of at least 4 members (excludes halogenated alkanes) is 7. The molecule has 6 N–H and O–H groups in total. The Morgan fingerprint density at radius 1 is 1.00 bits per heavy atom. The van der Waals surface area contributed by atoms with Crippen molar-refractivity contribution in [3.63, 3.8) is 0 Å². The van der Waals surface area contributed by atoms with Gasteiger partial charge in [0.2, 0.25) is 0 Å². The molecule has 7 heteroatoms. The zero-order chi connectivity index (χ0) is 19.1. The predicted octanol–water partition coefficient (Wildman–Crippen LogP) is 0.854. The third-order valence-corrected chi connectivity index (χ3v) is 4.46. The molecule has 0 aliphatic heterocycles. The Morgan fingerprint density at radius 3 is 2.04 bits per heavy atom. The van der Waals surface area contributed by atoms with Crippen LogP contribution in [-0.2, 0) is 9.53 Å². The van der Waals surface area contributed by atoms with Crippen LogP contribution in [0.15, 0.2) is 0 Å². The van der Waals surface area contributed by atoms with Crippen molar-refractivity contribution < 1.29 is 30.0 Å². The molecule has 0 aromatic heterocycles. The molecule has 0 bridgehead atoms. The number of rotatable bonds is 17. The highest BCUT2D eigenvalue weighted by Gasteiger charge is 2.44. The maximum Gasteiger partial charge on any atom is 0.252 e. The molecule has 0 radical (unpaired) electrons. The van der Waals surface area contributed by atoms with Gasteiger partial charge in [-0.1, -0.05) is 51.9 Å². The van der Waals surface area contributed by atoms with Gasteiger partial charge in [-0.2, -0.15) is 0 Å². The van der Waals surface area contributed by atoms with E-state index in [2.05, 4.69) is 6.92 Å². The van der Waals surface area contributed by atoms with Gasteiger partial charge >= 0.3 is 0 Å². The Balaban J connectivity index is 3.78. The van der Waals surface area contributed by atoms with Crippen LogP contribution in [0.4, 0.5) is 0 Å². The van der Waals surface area contributed by atoms with E-state index in [0.717, 1.165) is 12.8 Å². The van der Waals surface area contributed by atoms with Crippen LogP contribution in [-0.4, -0.2) is 64.0 Å². The van der Waals surface area contributed by atoms with Crippen molar-refractivity contribution in [1.29, 1.82) is 0 Å². The summed E-state index contributed by atoms with van der Waals surface area (Å²) in [6, 6.07) is 0. The molecule has 0 spiro atoms. The second-order valence-electron chi connectivity index (χ2n) is 6.67. The summed E-state index contributed by atoms with van der Waals surface area (Å²) in [4.78, 5) is 11.4. The summed E-state index contributed by atoms with van der Waals surface area (Å²) in [6.07, 6.45) is 6.45. The molecule has 0 saturated heterocycles. The van der Waals surface area contributed by atoms with Gasteiger partial charge in [0.15, 0.2) is 5.60 Å². The highest BCUT2D eigenvalue weighted by atomic mass is 16.5. The molecular formula is C18H37NO6. The Bertz CT molecular complexity index is 342. The van der Waals surface area contributed by atoms with Gasteiger partial charge < -0.3 is 30.9 Å². The number of hydrogen-bond donors (Lipinski definition) is 5. The zero-order valence-electron chi connectivity index (χ0n) is 15.5. The fraction of sp³-hybridized carbons (Fsp3) is 0.944. The summed E-state index contributed by atoms with van der Waals surface area (Å²) >= 11 is 0. The van der Waals surface area contributed by atoms with E-state index in [0.29, 0.717) is 19.6 Å². The summed E-state index contributed by atoms with van der Waals surface area (Å²) in [5.41, 5.74) is 2.85. The van der Waals surface area contributed by atoms with Crippen molar-refractivity contribution in [2.45, 2.75) is 88.9 Å². The van der Waals surface area contributed by atoms with E-state index in [9.17, 15) is 20.1 Å². The van der Waals surface area contributed by atoms with Crippen LogP contribution in [0.3, 0.4) is 0 Å². The lowest BCUT2D eigenvalue weighted by molar-refractivity contribution is -0.166. The summed E-state index contributed by atoms with van der Waals surface area (Å²) in [5, 5.41) is 38.2. The Hall–Kier alpha value is -0.730. The van der Waals surface area contributed by atoms with Crippen molar-refractivity contribution in [2.24, 2.45) is 5.73 Å². The van der Waals surface area contributed by atoms with Crippen molar-refractivity contribution >= 4 is 5.91 Å². The molecule has 0 unspecified atom stereocenters. The zero-order valence-corrected chi connectivity index (χ0v) is 15.5. The minimum absolute atomic E-state index is 0.141. The second kappa shape index (κ2) is 14.4. The lowest BCUT2D eigenvalue weighted by Crippen LogP contribution is -2.58. The topological polar surface area (TPSA) is 133 Å². The van der Waals surface area contributed by atoms with Gasteiger partial charge in [-0.15, -0.1) is 0 Å². The molecule has 0 aromatic rings. The minimum atomic E-state index is -2.27. The molecule has 0 rings (SSSR count). The molecule has 0 heterocycles. The van der Waals surface area contributed by atoms with Crippen LogP contribution in [0.25, 0.3) is 0 Å². The minimum Gasteiger partial charge on any atom is -0.394 e. The van der Waals surface area contributed by atoms with E-state index >= 15 is 0 Å². The lowest BCUT2D eigenvalue weighted by atomic mass is 9.87. The highest BCUT2D eigenvalue weighted by molar-refractivity contribution is 5.84. The van der Waals surface area contributed by atoms with E-state index in [1.807, 2.05) is 0 Å². The number of ether oxygens (including phenoxy) is 1. The molecule has 0 aromatic carbocycles. The number of amides is 1. The third-order valence-electron chi connectivity index (χ3n) is 4.46. The van der Waals surface area contributed by atoms with Crippen LogP contribution in [0, 0.1) is 0 Å². The lowest BCUT2D eigenvalue weighted by Gasteiger charge is -2.32. The summed E-state index contributed by atoms with van der Waals surface area (Å²) in [7, 11) is 0. The first kappa shape index (κ1) is 24.3. The first-order chi connectivity index (χ1) is 11.9. The van der Waals surface area contributed by atoms with E-state index in [1.165, 1.54) is 38.5 Å². The molecule has 3 atom stereocenters. The Morgan fingerprint density at radius 2 is 1.52 bits per heavy atom. The first-order valence-electron chi connectivity index (χ1n) is 9.47. The van der Waals surface area contributed by atoms with Gasteiger partial charge in [-0.25, -0.2) is 0 Å². The van der Waals surface area contributed by atoms with Gasteiger partial charge in [0, 0.05) is 13.2 Å². The standard InChI is InChI=1S/C18H37NO6/c1-2-3-4-5-6-7-8-9-12-25-13-10-11-18(24,17(19)23)16(22)15(21)14-20/h15-16,20-22,24H,2-14H2,1H3,(H2,19,23)/t15-,16-,18-/m1/s1. The monoisotopic (exact) mass is 363 g/mol. The van der Waals surface area contributed by atoms with Crippen LogP contribution in [0.5, 0.6) is 0 Å². The second-order valence-corrected chi connectivity index (χ2v) is 6.67. The Kier molecular flexibility index (Phi) is 14.0. The number of hydrogen-bond acceptors (Lipinski definition) is 6. The number of aliphatic hydroxyl groups excluding tert-OH is 3. The number of carbonyl (C=O) groups is 1. The number of nitrogens with two attached hydrogens (primary N) is 1. The van der Waals surface area contributed by atoms with E-state index in [-0.39, 0.29) is 6.42 Å². The fourth-order valence-electron chi connectivity index (χ4n) is 2.72. The first-order valence-corrected chi connectivity index (χ1v) is 9.47. The average Bonchev–Trinajstić information content (AvgIpc) is 2.60.